The number of carboxylic acid groups (broad SMARTS) is 1. The van der Waals surface area contributed by atoms with Gasteiger partial charge in [0.2, 0.25) is 5.78 Å². The quantitative estimate of drug-likeness (QED) is 0.757. The Balaban J connectivity index is 2.64. The van der Waals surface area contributed by atoms with Gasteiger partial charge in [-0.05, 0) is 35.1 Å². The van der Waals surface area contributed by atoms with Crippen LogP contribution in [0.1, 0.15) is 77.6 Å². The molecule has 2 rings (SSSR count). The lowest BCUT2D eigenvalue weighted by atomic mass is 9.78. The van der Waals surface area contributed by atoms with Gasteiger partial charge in [0.25, 0.3) is 0 Å². The molecule has 0 saturated carbocycles. The third-order valence-electron chi connectivity index (χ3n) is 4.03. The fourth-order valence-electron chi connectivity index (χ4n) is 2.63. The normalized spacial score (nSPS) is 12.2. The van der Waals surface area contributed by atoms with Crippen LogP contribution in [0.4, 0.5) is 0 Å². The Hall–Kier alpha value is -2.14. The van der Waals surface area contributed by atoms with Gasteiger partial charge in [-0.15, -0.1) is 11.3 Å². The summed E-state index contributed by atoms with van der Waals surface area (Å²) in [6, 6.07) is 6.41. The van der Waals surface area contributed by atoms with E-state index in [-0.39, 0.29) is 27.2 Å². The first-order valence-electron chi connectivity index (χ1n) is 8.08. The number of hydrogen-bond acceptors (Lipinski definition) is 4. The molecule has 0 saturated heterocycles. The Morgan fingerprint density at radius 1 is 0.880 bits per heavy atom. The van der Waals surface area contributed by atoms with Gasteiger partial charge in [0.15, 0.2) is 0 Å². The summed E-state index contributed by atoms with van der Waals surface area (Å²) in [6.07, 6.45) is 0. The molecule has 134 valence electrons. The summed E-state index contributed by atoms with van der Waals surface area (Å²) < 4.78 is 0. The van der Waals surface area contributed by atoms with Crippen LogP contribution in [0, 0.1) is 0 Å². The number of thiophene rings is 1. The Labute approximate surface area is 152 Å². The molecule has 0 amide bonds. The van der Waals surface area contributed by atoms with Gasteiger partial charge < -0.3 is 10.2 Å². The molecule has 5 heteroatoms. The van der Waals surface area contributed by atoms with E-state index in [0.717, 1.165) is 11.3 Å². The van der Waals surface area contributed by atoms with Crippen molar-refractivity contribution in [1.29, 1.82) is 0 Å². The third-order valence-corrected chi connectivity index (χ3v) is 5.10. The molecule has 0 bridgehead atoms. The molecule has 0 aliphatic carbocycles. The van der Waals surface area contributed by atoms with E-state index < -0.39 is 5.97 Å². The molecule has 4 nitrogen and oxygen atoms in total. The predicted molar refractivity (Wildman–Crippen MR) is 100 cm³/mol. The standard InChI is InChI=1S/C20H24O4S/c1-19(2,3)12-9-11(10-13(17(12)22)20(4,5)6)16(21)14-7-8-15(25-14)18(23)24/h7-10,22H,1-6H3,(H,23,24). The van der Waals surface area contributed by atoms with Crippen molar-refractivity contribution in [2.45, 2.75) is 52.4 Å². The van der Waals surface area contributed by atoms with Crippen molar-refractivity contribution < 1.29 is 19.8 Å². The van der Waals surface area contributed by atoms with Gasteiger partial charge in [-0.1, -0.05) is 41.5 Å². The first-order chi connectivity index (χ1) is 11.3. The average molecular weight is 360 g/mol. The van der Waals surface area contributed by atoms with E-state index in [1.165, 1.54) is 12.1 Å². The van der Waals surface area contributed by atoms with E-state index in [1.54, 1.807) is 12.1 Å². The molecule has 1 aromatic carbocycles. The van der Waals surface area contributed by atoms with Crippen LogP contribution in [0.5, 0.6) is 5.75 Å². The largest absolute Gasteiger partial charge is 0.507 e. The van der Waals surface area contributed by atoms with Crippen LogP contribution < -0.4 is 0 Å². The molecule has 0 unspecified atom stereocenters. The van der Waals surface area contributed by atoms with Gasteiger partial charge in [0, 0.05) is 16.7 Å². The average Bonchev–Trinajstić information content (AvgIpc) is 2.94. The number of aromatic carboxylic acids is 1. The van der Waals surface area contributed by atoms with Crippen LogP contribution in [0.15, 0.2) is 24.3 Å². The smallest absolute Gasteiger partial charge is 0.345 e. The summed E-state index contributed by atoms with van der Waals surface area (Å²) in [4.78, 5) is 24.5. The van der Waals surface area contributed by atoms with E-state index >= 15 is 0 Å². The lowest BCUT2D eigenvalue weighted by Crippen LogP contribution is -2.19. The summed E-state index contributed by atoms with van der Waals surface area (Å²) >= 11 is 0.963. The summed E-state index contributed by atoms with van der Waals surface area (Å²) in [6.45, 7) is 11.9. The minimum Gasteiger partial charge on any atom is -0.507 e. The molecule has 0 radical (unpaired) electrons. The molecule has 0 aliphatic heterocycles. The third kappa shape index (κ3) is 3.93. The van der Waals surface area contributed by atoms with E-state index in [2.05, 4.69) is 0 Å². The zero-order valence-corrected chi connectivity index (χ0v) is 16.2. The molecule has 0 aliphatic rings. The fourth-order valence-corrected chi connectivity index (χ4v) is 3.43. The zero-order chi connectivity index (χ0) is 19.2. The zero-order valence-electron chi connectivity index (χ0n) is 15.4. The monoisotopic (exact) mass is 360 g/mol. The van der Waals surface area contributed by atoms with E-state index in [9.17, 15) is 14.7 Å². The Morgan fingerprint density at radius 3 is 1.68 bits per heavy atom. The van der Waals surface area contributed by atoms with Crippen molar-refractivity contribution in [1.82, 2.24) is 0 Å². The van der Waals surface area contributed by atoms with Crippen LogP contribution in [0.2, 0.25) is 0 Å². The van der Waals surface area contributed by atoms with Crippen molar-refractivity contribution in [3.8, 4) is 5.75 Å². The van der Waals surface area contributed by atoms with Crippen molar-refractivity contribution in [2.24, 2.45) is 0 Å². The van der Waals surface area contributed by atoms with Crippen molar-refractivity contribution in [3.63, 3.8) is 0 Å². The van der Waals surface area contributed by atoms with Crippen molar-refractivity contribution in [3.05, 3.63) is 50.7 Å². The highest BCUT2D eigenvalue weighted by molar-refractivity contribution is 7.16. The number of ketones is 1. The van der Waals surface area contributed by atoms with E-state index in [4.69, 9.17) is 5.11 Å². The van der Waals surface area contributed by atoms with Crippen LogP contribution in [-0.2, 0) is 10.8 Å². The molecule has 2 aromatic rings. The Kier molecular flexibility index (Phi) is 4.83. The topological polar surface area (TPSA) is 74.6 Å². The number of benzene rings is 1. The maximum Gasteiger partial charge on any atom is 0.345 e. The highest BCUT2D eigenvalue weighted by Gasteiger charge is 2.28. The Bertz CT molecular complexity index is 797. The van der Waals surface area contributed by atoms with Crippen LogP contribution in [0.3, 0.4) is 0 Å². The molecule has 25 heavy (non-hydrogen) atoms. The number of hydrogen-bond donors (Lipinski definition) is 2. The summed E-state index contributed by atoms with van der Waals surface area (Å²) in [5, 5.41) is 19.8. The maximum atomic E-state index is 12.9. The molecule has 0 atom stereocenters. The summed E-state index contributed by atoms with van der Waals surface area (Å²) in [5.74, 6) is -1.05. The first kappa shape index (κ1) is 19.2. The van der Waals surface area contributed by atoms with Gasteiger partial charge in [0.05, 0.1) is 4.88 Å². The van der Waals surface area contributed by atoms with Gasteiger partial charge in [0.1, 0.15) is 10.6 Å². The molecular formula is C20H24O4S. The molecule has 1 heterocycles. The SMILES string of the molecule is CC(C)(C)c1cc(C(=O)c2ccc(C(=O)O)s2)cc(C(C)(C)C)c1O. The maximum absolute atomic E-state index is 12.9. The van der Waals surface area contributed by atoms with Crippen LogP contribution in [-0.4, -0.2) is 22.0 Å². The van der Waals surface area contributed by atoms with Gasteiger partial charge in [-0.3, -0.25) is 4.79 Å². The molecule has 2 N–H and O–H groups in total. The number of aromatic hydroxyl groups is 1. The summed E-state index contributed by atoms with van der Waals surface area (Å²) in [7, 11) is 0. The number of carboxylic acids is 1. The number of carbonyl (C=O) groups excluding carboxylic acids is 1. The Morgan fingerprint density at radius 2 is 1.32 bits per heavy atom. The molecule has 0 fully saturated rings. The number of phenols is 1. The predicted octanol–water partition coefficient (Wildman–Crippen LogP) is 4.98. The second-order valence-corrected chi connectivity index (χ2v) is 9.30. The first-order valence-corrected chi connectivity index (χ1v) is 8.90. The number of phenolic OH excluding ortho intramolecular Hbond substituents is 1. The molecule has 1 aromatic heterocycles. The fraction of sp³-hybridized carbons (Fsp3) is 0.400. The van der Waals surface area contributed by atoms with Crippen molar-refractivity contribution >= 4 is 23.1 Å². The van der Waals surface area contributed by atoms with Gasteiger partial charge >= 0.3 is 5.97 Å². The highest BCUT2D eigenvalue weighted by Crippen LogP contribution is 2.40. The minimum atomic E-state index is -1.04. The summed E-state index contributed by atoms with van der Waals surface area (Å²) in [5.41, 5.74) is 1.22. The van der Waals surface area contributed by atoms with E-state index in [0.29, 0.717) is 21.6 Å². The highest BCUT2D eigenvalue weighted by atomic mass is 32.1. The number of carbonyl (C=O) groups is 2. The second-order valence-electron chi connectivity index (χ2n) is 8.22. The van der Waals surface area contributed by atoms with Crippen LogP contribution in [0.25, 0.3) is 0 Å². The minimum absolute atomic E-state index is 0.134. The second kappa shape index (κ2) is 6.30. The number of rotatable bonds is 3. The van der Waals surface area contributed by atoms with E-state index in [1.807, 2.05) is 41.5 Å². The lowest BCUT2D eigenvalue weighted by Gasteiger charge is -2.28. The molecule has 0 spiro atoms. The van der Waals surface area contributed by atoms with Gasteiger partial charge in [-0.25, -0.2) is 4.79 Å². The van der Waals surface area contributed by atoms with Crippen LogP contribution >= 0.6 is 11.3 Å². The van der Waals surface area contributed by atoms with Crippen molar-refractivity contribution in [2.75, 3.05) is 0 Å². The lowest BCUT2D eigenvalue weighted by molar-refractivity contribution is 0.0702. The molecular weight excluding hydrogens is 336 g/mol. The van der Waals surface area contributed by atoms with Gasteiger partial charge in [-0.2, -0.15) is 0 Å².